The normalized spacial score (nSPS) is 26.8. The number of piperidine rings is 1. The molecule has 0 amide bonds. The number of fused-ring (bicyclic) bond motifs is 1. The van der Waals surface area contributed by atoms with Crippen LogP contribution < -0.4 is 0 Å². The Balaban J connectivity index is 1.45. The topological polar surface area (TPSA) is 29.0 Å². The summed E-state index contributed by atoms with van der Waals surface area (Å²) in [6.45, 7) is 4.66. The molecule has 3 nitrogen and oxygen atoms in total. The highest BCUT2D eigenvalue weighted by atomic mass is 15.2. The van der Waals surface area contributed by atoms with Crippen LogP contribution in [0.2, 0.25) is 0 Å². The third-order valence-electron chi connectivity index (χ3n) is 9.31. The van der Waals surface area contributed by atoms with Crippen molar-refractivity contribution in [2.45, 2.75) is 51.1 Å². The summed E-state index contributed by atoms with van der Waals surface area (Å²) in [7, 11) is 0. The van der Waals surface area contributed by atoms with Crippen molar-refractivity contribution in [1.82, 2.24) is 14.9 Å². The van der Waals surface area contributed by atoms with Crippen molar-refractivity contribution in [3.05, 3.63) is 108 Å². The molecule has 37 heavy (non-hydrogen) atoms. The third-order valence-corrected chi connectivity index (χ3v) is 9.31. The second-order valence-corrected chi connectivity index (χ2v) is 11.6. The number of hydrogen-bond donors (Lipinski definition) is 0. The molecule has 2 fully saturated rings. The molecule has 2 aromatic heterocycles. The highest BCUT2D eigenvalue weighted by Gasteiger charge is 2.57. The molecule has 0 unspecified atom stereocenters. The zero-order chi connectivity index (χ0) is 24.8. The van der Waals surface area contributed by atoms with Crippen LogP contribution >= 0.6 is 0 Å². The average Bonchev–Trinajstić information content (AvgIpc) is 2.94. The third kappa shape index (κ3) is 3.83. The van der Waals surface area contributed by atoms with Crippen molar-refractivity contribution < 1.29 is 0 Å². The molecular weight excluding hydrogens is 450 g/mol. The van der Waals surface area contributed by atoms with E-state index in [0.29, 0.717) is 5.92 Å². The predicted octanol–water partition coefficient (Wildman–Crippen LogP) is 7.52. The van der Waals surface area contributed by atoms with Crippen LogP contribution in [0.5, 0.6) is 0 Å². The van der Waals surface area contributed by atoms with E-state index in [1.807, 2.05) is 18.5 Å². The van der Waals surface area contributed by atoms with Crippen LogP contribution in [0.25, 0.3) is 22.4 Å². The molecule has 0 spiro atoms. The predicted molar refractivity (Wildman–Crippen MR) is 150 cm³/mol. The first-order valence-corrected chi connectivity index (χ1v) is 14.0. The fourth-order valence-electron chi connectivity index (χ4n) is 7.99. The van der Waals surface area contributed by atoms with E-state index in [1.165, 1.54) is 53.6 Å². The van der Waals surface area contributed by atoms with E-state index < -0.39 is 0 Å². The standard InChI is InChI=1S/C34H35N3/c1-24-18-28-19-32-31(34(21-24)30(28)15-9-17-37(34)23-25-10-4-2-5-11-25)20-29(27-14-8-16-35-22-27)33(36-32)26-12-6-3-7-13-26/h2-8,10-14,16,20,22,24,28,30H,9,15,17-19,21,23H2,1H3/t24-,28+,30-,34-/m1/s1. The number of benzene rings is 2. The smallest absolute Gasteiger partial charge is 0.0784 e. The van der Waals surface area contributed by atoms with Crippen LogP contribution in [-0.2, 0) is 18.5 Å². The van der Waals surface area contributed by atoms with Crippen molar-refractivity contribution in [2.75, 3.05) is 6.54 Å². The first-order chi connectivity index (χ1) is 18.2. The van der Waals surface area contributed by atoms with Gasteiger partial charge in [-0.2, -0.15) is 0 Å². The fourth-order valence-corrected chi connectivity index (χ4v) is 7.99. The lowest BCUT2D eigenvalue weighted by Crippen LogP contribution is -2.61. The van der Waals surface area contributed by atoms with E-state index in [0.717, 1.165) is 42.6 Å². The highest BCUT2D eigenvalue weighted by molar-refractivity contribution is 5.81. The molecule has 1 saturated heterocycles. The van der Waals surface area contributed by atoms with Crippen molar-refractivity contribution in [2.24, 2.45) is 17.8 Å². The first-order valence-electron chi connectivity index (χ1n) is 14.0. The number of likely N-dealkylation sites (tertiary alicyclic amines) is 1. The maximum absolute atomic E-state index is 5.54. The number of rotatable bonds is 4. The van der Waals surface area contributed by atoms with E-state index in [1.54, 1.807) is 0 Å². The molecule has 186 valence electrons. The van der Waals surface area contributed by atoms with Crippen LogP contribution in [0.15, 0.2) is 91.3 Å². The number of nitrogens with zero attached hydrogens (tertiary/aromatic N) is 3. The minimum atomic E-state index is 0.0587. The van der Waals surface area contributed by atoms with Crippen LogP contribution in [0.3, 0.4) is 0 Å². The number of hydrogen-bond acceptors (Lipinski definition) is 3. The second-order valence-electron chi connectivity index (χ2n) is 11.6. The van der Waals surface area contributed by atoms with E-state index in [2.05, 4.69) is 89.6 Å². The van der Waals surface area contributed by atoms with Gasteiger partial charge in [0.05, 0.1) is 11.2 Å². The molecule has 2 bridgehead atoms. The lowest BCUT2D eigenvalue weighted by atomic mass is 9.53. The zero-order valence-corrected chi connectivity index (χ0v) is 21.7. The van der Waals surface area contributed by atoms with Gasteiger partial charge in [0.15, 0.2) is 0 Å². The minimum Gasteiger partial charge on any atom is -0.289 e. The molecule has 1 aliphatic heterocycles. The van der Waals surface area contributed by atoms with Gasteiger partial charge >= 0.3 is 0 Å². The van der Waals surface area contributed by atoms with E-state index in [9.17, 15) is 0 Å². The van der Waals surface area contributed by atoms with Crippen LogP contribution in [-0.4, -0.2) is 21.4 Å². The Morgan fingerprint density at radius 1 is 0.946 bits per heavy atom. The summed E-state index contributed by atoms with van der Waals surface area (Å²) in [5, 5.41) is 0. The molecule has 3 heteroatoms. The highest BCUT2D eigenvalue weighted by Crippen LogP contribution is 2.59. The number of pyridine rings is 2. The zero-order valence-electron chi connectivity index (χ0n) is 21.7. The summed E-state index contributed by atoms with van der Waals surface area (Å²) >= 11 is 0. The Kier molecular flexibility index (Phi) is 5.70. The van der Waals surface area contributed by atoms with Gasteiger partial charge in [-0.05, 0) is 79.7 Å². The molecule has 0 radical (unpaired) electrons. The maximum atomic E-state index is 5.54. The summed E-state index contributed by atoms with van der Waals surface area (Å²) in [4.78, 5) is 12.9. The molecule has 7 rings (SSSR count). The summed E-state index contributed by atoms with van der Waals surface area (Å²) in [6.07, 6.45) is 10.2. The molecule has 0 N–H and O–H groups in total. The van der Waals surface area contributed by atoms with E-state index in [4.69, 9.17) is 4.98 Å². The molecule has 4 aromatic rings. The average molecular weight is 486 g/mol. The van der Waals surface area contributed by atoms with Gasteiger partial charge in [0, 0.05) is 41.3 Å². The molecule has 3 aliphatic rings. The lowest BCUT2D eigenvalue weighted by Gasteiger charge is -2.61. The maximum Gasteiger partial charge on any atom is 0.0784 e. The van der Waals surface area contributed by atoms with Gasteiger partial charge in [0.25, 0.3) is 0 Å². The van der Waals surface area contributed by atoms with Gasteiger partial charge in [-0.15, -0.1) is 0 Å². The molecule has 3 heterocycles. The van der Waals surface area contributed by atoms with Crippen molar-refractivity contribution >= 4 is 0 Å². The summed E-state index contributed by atoms with van der Waals surface area (Å²) in [6, 6.07) is 28.6. The van der Waals surface area contributed by atoms with E-state index in [-0.39, 0.29) is 5.54 Å². The molecule has 4 atom stereocenters. The largest absolute Gasteiger partial charge is 0.289 e. The second kappa shape index (κ2) is 9.22. The minimum absolute atomic E-state index is 0.0587. The first kappa shape index (κ1) is 22.9. The van der Waals surface area contributed by atoms with Gasteiger partial charge in [-0.3, -0.25) is 14.9 Å². The van der Waals surface area contributed by atoms with Crippen molar-refractivity contribution in [3.63, 3.8) is 0 Å². The Morgan fingerprint density at radius 3 is 2.51 bits per heavy atom. The van der Waals surface area contributed by atoms with E-state index >= 15 is 0 Å². The summed E-state index contributed by atoms with van der Waals surface area (Å²) in [5.74, 6) is 2.15. The summed E-state index contributed by atoms with van der Waals surface area (Å²) < 4.78 is 0. The Morgan fingerprint density at radius 2 is 1.73 bits per heavy atom. The van der Waals surface area contributed by atoms with Gasteiger partial charge in [0.2, 0.25) is 0 Å². The molecule has 2 aromatic carbocycles. The van der Waals surface area contributed by atoms with Gasteiger partial charge < -0.3 is 0 Å². The Bertz CT molecular complexity index is 1390. The molecular formula is C34H35N3. The van der Waals surface area contributed by atoms with Gasteiger partial charge in [-0.25, -0.2) is 0 Å². The van der Waals surface area contributed by atoms with Gasteiger partial charge in [-0.1, -0.05) is 73.7 Å². The van der Waals surface area contributed by atoms with Crippen molar-refractivity contribution in [3.8, 4) is 22.4 Å². The van der Waals surface area contributed by atoms with Crippen molar-refractivity contribution in [1.29, 1.82) is 0 Å². The SMILES string of the molecule is C[C@@H]1C[C@H]2Cc3nc(-c4ccccc4)c(-c4cccnc4)cc3[C@@]3(C1)[C@@H]2CCCN3Cc1ccccc1. The fraction of sp³-hybridized carbons (Fsp3) is 0.353. The monoisotopic (exact) mass is 485 g/mol. The number of aromatic nitrogens is 2. The lowest BCUT2D eigenvalue weighted by molar-refractivity contribution is -0.0967. The van der Waals surface area contributed by atoms with Gasteiger partial charge in [0.1, 0.15) is 0 Å². The molecule has 1 saturated carbocycles. The Labute approximate surface area is 220 Å². The summed E-state index contributed by atoms with van der Waals surface area (Å²) in [5.41, 5.74) is 8.96. The van der Waals surface area contributed by atoms with Crippen LogP contribution in [0.4, 0.5) is 0 Å². The Hall–Kier alpha value is -3.30. The van der Waals surface area contributed by atoms with Crippen LogP contribution in [0, 0.1) is 17.8 Å². The quantitative estimate of drug-likeness (QED) is 0.299. The molecule has 2 aliphatic carbocycles. The van der Waals surface area contributed by atoms with Crippen LogP contribution in [0.1, 0.15) is 49.4 Å².